The molecule has 18 heavy (non-hydrogen) atoms. The van der Waals surface area contributed by atoms with Gasteiger partial charge < -0.3 is 15.7 Å². The number of hydrogen-bond donors (Lipinski definition) is 2. The zero-order valence-electron chi connectivity index (χ0n) is 9.95. The van der Waals surface area contributed by atoms with Crippen LogP contribution in [0.1, 0.15) is 24.4 Å². The molecule has 1 aliphatic rings. The number of carbonyl (C=O) groups excluding carboxylic acids is 1. The van der Waals surface area contributed by atoms with Crippen molar-refractivity contribution in [1.82, 2.24) is 4.90 Å². The maximum atomic E-state index is 12.2. The van der Waals surface area contributed by atoms with Crippen molar-refractivity contribution in [2.45, 2.75) is 24.9 Å². The van der Waals surface area contributed by atoms with Crippen LogP contribution in [0.15, 0.2) is 30.3 Å². The van der Waals surface area contributed by atoms with Gasteiger partial charge in [0.1, 0.15) is 12.1 Å². The first-order valence-corrected chi connectivity index (χ1v) is 5.95. The van der Waals surface area contributed by atoms with Crippen molar-refractivity contribution in [3.8, 4) is 0 Å². The van der Waals surface area contributed by atoms with E-state index in [1.807, 2.05) is 6.07 Å². The Morgan fingerprint density at radius 2 is 2.00 bits per heavy atom. The summed E-state index contributed by atoms with van der Waals surface area (Å²) in [6.45, 7) is 0.469. The van der Waals surface area contributed by atoms with Crippen molar-refractivity contribution in [3.05, 3.63) is 35.9 Å². The Hall–Kier alpha value is -1.88. The molecule has 1 aromatic rings. The van der Waals surface area contributed by atoms with E-state index in [2.05, 4.69) is 0 Å². The van der Waals surface area contributed by atoms with Gasteiger partial charge in [-0.15, -0.1) is 0 Å². The number of rotatable bonds is 3. The normalized spacial score (nSPS) is 20.7. The first-order valence-electron chi connectivity index (χ1n) is 5.95. The fourth-order valence-electron chi connectivity index (χ4n) is 2.27. The molecule has 1 aliphatic heterocycles. The molecule has 5 heteroatoms. The van der Waals surface area contributed by atoms with E-state index >= 15 is 0 Å². The van der Waals surface area contributed by atoms with Crippen LogP contribution in [0.2, 0.25) is 0 Å². The molecular formula is C13H16N2O3. The van der Waals surface area contributed by atoms with Gasteiger partial charge in [0.2, 0.25) is 5.91 Å². The van der Waals surface area contributed by atoms with E-state index < -0.39 is 18.1 Å². The van der Waals surface area contributed by atoms with E-state index in [-0.39, 0.29) is 5.91 Å². The minimum Gasteiger partial charge on any atom is -0.480 e. The second-order valence-electron chi connectivity index (χ2n) is 4.42. The van der Waals surface area contributed by atoms with Crippen LogP contribution in [0.3, 0.4) is 0 Å². The summed E-state index contributed by atoms with van der Waals surface area (Å²) in [5, 5.41) is 9.05. The Kier molecular flexibility index (Phi) is 3.62. The SMILES string of the molecule is N[C@H](C(=O)N1CCCC1C(=O)O)c1ccccc1. The van der Waals surface area contributed by atoms with Gasteiger partial charge in [0.15, 0.2) is 0 Å². The number of aliphatic carboxylic acids is 1. The van der Waals surface area contributed by atoms with E-state index in [4.69, 9.17) is 10.8 Å². The summed E-state index contributed by atoms with van der Waals surface area (Å²) in [5.41, 5.74) is 6.60. The molecule has 1 amide bonds. The fourth-order valence-corrected chi connectivity index (χ4v) is 2.27. The van der Waals surface area contributed by atoms with Crippen molar-refractivity contribution in [3.63, 3.8) is 0 Å². The number of benzene rings is 1. The van der Waals surface area contributed by atoms with E-state index in [1.54, 1.807) is 24.3 Å². The average molecular weight is 248 g/mol. The predicted molar refractivity (Wildman–Crippen MR) is 65.7 cm³/mol. The number of nitrogens with zero attached hydrogens (tertiary/aromatic N) is 1. The second-order valence-corrected chi connectivity index (χ2v) is 4.42. The summed E-state index contributed by atoms with van der Waals surface area (Å²) >= 11 is 0. The number of likely N-dealkylation sites (tertiary alicyclic amines) is 1. The van der Waals surface area contributed by atoms with Gasteiger partial charge in [-0.3, -0.25) is 4.79 Å². The van der Waals surface area contributed by atoms with Gasteiger partial charge in [0.25, 0.3) is 0 Å². The third-order valence-corrected chi connectivity index (χ3v) is 3.25. The maximum Gasteiger partial charge on any atom is 0.326 e. The summed E-state index contributed by atoms with van der Waals surface area (Å²) in [5.74, 6) is -1.27. The Morgan fingerprint density at radius 3 is 2.61 bits per heavy atom. The molecule has 5 nitrogen and oxygen atoms in total. The van der Waals surface area contributed by atoms with Crippen molar-refractivity contribution in [2.75, 3.05) is 6.54 Å². The van der Waals surface area contributed by atoms with Gasteiger partial charge in [0, 0.05) is 6.54 Å². The molecule has 1 saturated heterocycles. The van der Waals surface area contributed by atoms with E-state index in [1.165, 1.54) is 4.90 Å². The summed E-state index contributed by atoms with van der Waals surface area (Å²) in [6, 6.07) is 7.49. The molecule has 0 aliphatic carbocycles. The summed E-state index contributed by atoms with van der Waals surface area (Å²) in [4.78, 5) is 24.6. The van der Waals surface area contributed by atoms with Crippen LogP contribution in [-0.4, -0.2) is 34.5 Å². The van der Waals surface area contributed by atoms with Gasteiger partial charge in [-0.05, 0) is 18.4 Å². The predicted octanol–water partition coefficient (Wildman–Crippen LogP) is 0.762. The van der Waals surface area contributed by atoms with Crippen LogP contribution in [-0.2, 0) is 9.59 Å². The Morgan fingerprint density at radius 1 is 1.33 bits per heavy atom. The molecule has 2 atom stereocenters. The number of carboxylic acid groups (broad SMARTS) is 1. The van der Waals surface area contributed by atoms with Crippen molar-refractivity contribution in [2.24, 2.45) is 5.73 Å². The van der Waals surface area contributed by atoms with Gasteiger partial charge >= 0.3 is 5.97 Å². The molecular weight excluding hydrogens is 232 g/mol. The molecule has 3 N–H and O–H groups in total. The van der Waals surface area contributed by atoms with E-state index in [9.17, 15) is 9.59 Å². The van der Waals surface area contributed by atoms with Crippen LogP contribution in [0.5, 0.6) is 0 Å². The van der Waals surface area contributed by atoms with Crippen LogP contribution in [0.4, 0.5) is 0 Å². The largest absolute Gasteiger partial charge is 0.480 e. The highest BCUT2D eigenvalue weighted by Crippen LogP contribution is 2.22. The van der Waals surface area contributed by atoms with Crippen LogP contribution in [0, 0.1) is 0 Å². The molecule has 0 spiro atoms. The zero-order valence-corrected chi connectivity index (χ0v) is 9.95. The second kappa shape index (κ2) is 5.18. The lowest BCUT2D eigenvalue weighted by Gasteiger charge is -2.24. The fraction of sp³-hybridized carbons (Fsp3) is 0.385. The number of carboxylic acids is 1. The molecule has 1 unspecified atom stereocenters. The third kappa shape index (κ3) is 2.36. The molecule has 96 valence electrons. The lowest BCUT2D eigenvalue weighted by atomic mass is 10.1. The smallest absolute Gasteiger partial charge is 0.326 e. The Balaban J connectivity index is 2.14. The van der Waals surface area contributed by atoms with Crippen molar-refractivity contribution in [1.29, 1.82) is 0 Å². The topological polar surface area (TPSA) is 83.6 Å². The summed E-state index contributed by atoms with van der Waals surface area (Å²) in [7, 11) is 0. The summed E-state index contributed by atoms with van der Waals surface area (Å²) in [6.07, 6.45) is 1.22. The van der Waals surface area contributed by atoms with Crippen LogP contribution >= 0.6 is 0 Å². The van der Waals surface area contributed by atoms with Crippen LogP contribution < -0.4 is 5.73 Å². The molecule has 1 aromatic carbocycles. The van der Waals surface area contributed by atoms with Gasteiger partial charge in [-0.2, -0.15) is 0 Å². The number of nitrogens with two attached hydrogens (primary N) is 1. The van der Waals surface area contributed by atoms with Crippen LogP contribution in [0.25, 0.3) is 0 Å². The standard InChI is InChI=1S/C13H16N2O3/c14-11(9-5-2-1-3-6-9)12(16)15-8-4-7-10(15)13(17)18/h1-3,5-6,10-11H,4,7-8,14H2,(H,17,18)/t10?,11-/m0/s1. The first kappa shape index (κ1) is 12.6. The maximum absolute atomic E-state index is 12.2. The molecule has 1 heterocycles. The average Bonchev–Trinajstić information content (AvgIpc) is 2.87. The van der Waals surface area contributed by atoms with Gasteiger partial charge in [0.05, 0.1) is 0 Å². The van der Waals surface area contributed by atoms with Crippen molar-refractivity contribution >= 4 is 11.9 Å². The van der Waals surface area contributed by atoms with Crippen molar-refractivity contribution < 1.29 is 14.7 Å². The zero-order chi connectivity index (χ0) is 13.1. The minimum atomic E-state index is -0.957. The quantitative estimate of drug-likeness (QED) is 0.827. The molecule has 0 saturated carbocycles. The summed E-state index contributed by atoms with van der Waals surface area (Å²) < 4.78 is 0. The van der Waals surface area contributed by atoms with E-state index in [0.29, 0.717) is 24.9 Å². The third-order valence-electron chi connectivity index (χ3n) is 3.25. The van der Waals surface area contributed by atoms with Gasteiger partial charge in [-0.25, -0.2) is 4.79 Å². The minimum absolute atomic E-state index is 0.314. The number of hydrogen-bond acceptors (Lipinski definition) is 3. The molecule has 0 radical (unpaired) electrons. The molecule has 0 aromatic heterocycles. The first-order chi connectivity index (χ1) is 8.61. The highest BCUT2D eigenvalue weighted by molar-refractivity contribution is 5.88. The Labute approximate surface area is 105 Å². The number of amides is 1. The highest BCUT2D eigenvalue weighted by Gasteiger charge is 2.36. The lowest BCUT2D eigenvalue weighted by Crippen LogP contribution is -2.44. The molecule has 2 rings (SSSR count). The number of carbonyl (C=O) groups is 2. The van der Waals surface area contributed by atoms with Gasteiger partial charge in [-0.1, -0.05) is 30.3 Å². The monoisotopic (exact) mass is 248 g/mol. The lowest BCUT2D eigenvalue weighted by molar-refractivity contribution is -0.148. The Bertz CT molecular complexity index is 447. The van der Waals surface area contributed by atoms with E-state index in [0.717, 1.165) is 0 Å². The molecule has 0 bridgehead atoms. The molecule has 1 fully saturated rings. The highest BCUT2D eigenvalue weighted by atomic mass is 16.4.